The van der Waals surface area contributed by atoms with Gasteiger partial charge in [-0.05, 0) is 68.9 Å². The number of amides is 2. The van der Waals surface area contributed by atoms with Crippen LogP contribution in [0.1, 0.15) is 51.9 Å². The molecule has 5 nitrogen and oxygen atoms in total. The largest absolute Gasteiger partial charge is 0.375 e. The first-order valence-electron chi connectivity index (χ1n) is 10.7. The van der Waals surface area contributed by atoms with Crippen molar-refractivity contribution in [2.75, 3.05) is 25.0 Å². The van der Waals surface area contributed by atoms with E-state index in [0.29, 0.717) is 18.4 Å². The van der Waals surface area contributed by atoms with Gasteiger partial charge >= 0.3 is 0 Å². The van der Waals surface area contributed by atoms with Crippen molar-refractivity contribution in [3.8, 4) is 0 Å². The second kappa shape index (κ2) is 7.41. The van der Waals surface area contributed by atoms with Crippen molar-refractivity contribution in [3.63, 3.8) is 0 Å². The van der Waals surface area contributed by atoms with Gasteiger partial charge in [-0.2, -0.15) is 0 Å². The molecule has 4 aliphatic carbocycles. The molecule has 4 aliphatic rings. The maximum Gasteiger partial charge on any atom is 0.226 e. The van der Waals surface area contributed by atoms with E-state index in [9.17, 15) is 9.59 Å². The summed E-state index contributed by atoms with van der Waals surface area (Å²) in [6.07, 6.45) is 7.10. The molecule has 4 fully saturated rings. The average molecular weight is 384 g/mol. The van der Waals surface area contributed by atoms with E-state index in [4.69, 9.17) is 0 Å². The molecule has 0 aliphatic heterocycles. The van der Waals surface area contributed by atoms with Crippen molar-refractivity contribution in [2.45, 2.75) is 57.4 Å². The molecule has 0 unspecified atom stereocenters. The van der Waals surface area contributed by atoms with Gasteiger partial charge in [-0.15, -0.1) is 0 Å². The van der Waals surface area contributed by atoms with E-state index >= 15 is 0 Å². The van der Waals surface area contributed by atoms with Crippen LogP contribution < -0.4 is 15.5 Å². The monoisotopic (exact) mass is 383 g/mol. The molecule has 5 rings (SSSR count). The number of hydrogen-bond donors (Lipinski definition) is 2. The lowest BCUT2D eigenvalue weighted by molar-refractivity contribution is -0.153. The van der Waals surface area contributed by atoms with Gasteiger partial charge in [0.05, 0.1) is 5.41 Å². The molecule has 2 atom stereocenters. The molecular formula is C23H33N3O2. The Morgan fingerprint density at radius 3 is 2.43 bits per heavy atom. The molecular weight excluding hydrogens is 350 g/mol. The second-order valence-corrected chi connectivity index (χ2v) is 9.57. The van der Waals surface area contributed by atoms with Crippen LogP contribution in [-0.4, -0.2) is 37.5 Å². The standard InChI is InChI=1S/C23H33N3O2/c1-17(27)25-23-14-18-11-19(15-23)13-22(12-18,16-23)21(28)24-9-6-10-26(2)20-7-4-3-5-8-20/h3-5,7-8,18-19H,6,9-16H2,1-2H3,(H,24,28)(H,25,27)/t18-,19-,22?,23?/m0/s1. The van der Waals surface area contributed by atoms with E-state index in [1.165, 1.54) is 12.1 Å². The predicted molar refractivity (Wildman–Crippen MR) is 111 cm³/mol. The lowest BCUT2D eigenvalue weighted by atomic mass is 9.46. The van der Waals surface area contributed by atoms with E-state index in [1.54, 1.807) is 6.92 Å². The van der Waals surface area contributed by atoms with Gasteiger partial charge in [0, 0.05) is 38.3 Å². The molecule has 4 saturated carbocycles. The lowest BCUT2D eigenvalue weighted by Crippen LogP contribution is -2.65. The fourth-order valence-electron chi connectivity index (χ4n) is 6.57. The second-order valence-electron chi connectivity index (χ2n) is 9.57. The van der Waals surface area contributed by atoms with Gasteiger partial charge in [0.1, 0.15) is 0 Å². The van der Waals surface area contributed by atoms with Gasteiger partial charge in [-0.1, -0.05) is 18.2 Å². The number of para-hydroxylation sites is 1. The third kappa shape index (κ3) is 3.76. The van der Waals surface area contributed by atoms with Crippen molar-refractivity contribution >= 4 is 17.5 Å². The van der Waals surface area contributed by atoms with Crippen molar-refractivity contribution < 1.29 is 9.59 Å². The van der Waals surface area contributed by atoms with E-state index < -0.39 is 0 Å². The van der Waals surface area contributed by atoms with Crippen molar-refractivity contribution in [1.82, 2.24) is 10.6 Å². The van der Waals surface area contributed by atoms with Crippen LogP contribution in [0, 0.1) is 17.3 Å². The minimum Gasteiger partial charge on any atom is -0.375 e. The van der Waals surface area contributed by atoms with E-state index in [-0.39, 0.29) is 22.8 Å². The summed E-state index contributed by atoms with van der Waals surface area (Å²) >= 11 is 0. The smallest absolute Gasteiger partial charge is 0.226 e. The molecule has 5 heteroatoms. The highest BCUT2D eigenvalue weighted by atomic mass is 16.2. The topological polar surface area (TPSA) is 61.4 Å². The molecule has 0 spiro atoms. The zero-order chi connectivity index (χ0) is 19.8. The first-order chi connectivity index (χ1) is 13.4. The average Bonchev–Trinajstić information content (AvgIpc) is 2.63. The predicted octanol–water partition coefficient (Wildman–Crippen LogP) is 3.10. The van der Waals surface area contributed by atoms with Crippen LogP contribution in [-0.2, 0) is 9.59 Å². The van der Waals surface area contributed by atoms with Crippen LogP contribution in [0.5, 0.6) is 0 Å². The fourth-order valence-corrected chi connectivity index (χ4v) is 6.57. The first kappa shape index (κ1) is 19.3. The third-order valence-electron chi connectivity index (χ3n) is 7.14. The van der Waals surface area contributed by atoms with Crippen LogP contribution in [0.4, 0.5) is 5.69 Å². The number of rotatable bonds is 7. The summed E-state index contributed by atoms with van der Waals surface area (Å²) in [4.78, 5) is 27.2. The lowest BCUT2D eigenvalue weighted by Gasteiger charge is -2.61. The number of nitrogens with one attached hydrogen (secondary N) is 2. The molecule has 0 saturated heterocycles. The Kier molecular flexibility index (Phi) is 5.11. The highest BCUT2D eigenvalue weighted by molar-refractivity contribution is 5.84. The third-order valence-corrected chi connectivity index (χ3v) is 7.14. The summed E-state index contributed by atoms with van der Waals surface area (Å²) in [5.74, 6) is 1.44. The molecule has 2 amide bonds. The minimum absolute atomic E-state index is 0.0430. The van der Waals surface area contributed by atoms with Crippen molar-refractivity contribution in [3.05, 3.63) is 30.3 Å². The zero-order valence-corrected chi connectivity index (χ0v) is 17.2. The summed E-state index contributed by atoms with van der Waals surface area (Å²) in [6, 6.07) is 10.3. The summed E-state index contributed by atoms with van der Waals surface area (Å²) in [7, 11) is 2.09. The van der Waals surface area contributed by atoms with Gasteiger partial charge in [0.25, 0.3) is 0 Å². The minimum atomic E-state index is -0.266. The number of benzene rings is 1. The Bertz CT molecular complexity index is 719. The van der Waals surface area contributed by atoms with Crippen LogP contribution in [0.25, 0.3) is 0 Å². The number of hydrogen-bond acceptors (Lipinski definition) is 3. The Morgan fingerprint density at radius 2 is 1.79 bits per heavy atom. The quantitative estimate of drug-likeness (QED) is 0.711. The molecule has 0 heterocycles. The van der Waals surface area contributed by atoms with Gasteiger partial charge in [-0.3, -0.25) is 9.59 Å². The highest BCUT2D eigenvalue weighted by Gasteiger charge is 2.60. The maximum atomic E-state index is 13.2. The number of nitrogens with zero attached hydrogens (tertiary/aromatic N) is 1. The Balaban J connectivity index is 1.32. The Hall–Kier alpha value is -2.04. The number of anilines is 1. The van der Waals surface area contributed by atoms with Gasteiger partial charge in [0.2, 0.25) is 11.8 Å². The molecule has 152 valence electrons. The SMILES string of the molecule is CC(=O)NC12C[C@H]3C[C@H](C1)CC(C(=O)NCCCN(C)c1ccccc1)(C3)C2. The van der Waals surface area contributed by atoms with E-state index in [1.807, 2.05) is 18.2 Å². The molecule has 2 N–H and O–H groups in total. The molecule has 28 heavy (non-hydrogen) atoms. The Labute approximate surface area is 168 Å². The Morgan fingerprint density at radius 1 is 1.11 bits per heavy atom. The molecule has 4 bridgehead atoms. The highest BCUT2D eigenvalue weighted by Crippen LogP contribution is 2.61. The van der Waals surface area contributed by atoms with Crippen LogP contribution >= 0.6 is 0 Å². The molecule has 0 aromatic heterocycles. The van der Waals surface area contributed by atoms with E-state index in [0.717, 1.165) is 45.1 Å². The molecule has 1 aromatic rings. The first-order valence-corrected chi connectivity index (χ1v) is 10.7. The van der Waals surface area contributed by atoms with E-state index in [2.05, 4.69) is 34.7 Å². The van der Waals surface area contributed by atoms with Crippen LogP contribution in [0.2, 0.25) is 0 Å². The van der Waals surface area contributed by atoms with Crippen molar-refractivity contribution in [2.24, 2.45) is 17.3 Å². The summed E-state index contributed by atoms with van der Waals surface area (Å²) in [5, 5.41) is 6.48. The van der Waals surface area contributed by atoms with Crippen molar-refractivity contribution in [1.29, 1.82) is 0 Å². The van der Waals surface area contributed by atoms with Crippen LogP contribution in [0.15, 0.2) is 30.3 Å². The molecule has 0 radical (unpaired) electrons. The number of carbonyl (C=O) groups is 2. The normalized spacial score (nSPS) is 32.8. The fraction of sp³-hybridized carbons (Fsp3) is 0.652. The van der Waals surface area contributed by atoms with Crippen LogP contribution in [0.3, 0.4) is 0 Å². The molecule has 1 aromatic carbocycles. The summed E-state index contributed by atoms with van der Waals surface area (Å²) in [5.41, 5.74) is 0.797. The zero-order valence-electron chi connectivity index (χ0n) is 17.2. The van der Waals surface area contributed by atoms with Gasteiger partial charge in [-0.25, -0.2) is 0 Å². The summed E-state index contributed by atoms with van der Waals surface area (Å²) in [6.45, 7) is 3.23. The van der Waals surface area contributed by atoms with Gasteiger partial charge in [0.15, 0.2) is 0 Å². The van der Waals surface area contributed by atoms with Gasteiger partial charge < -0.3 is 15.5 Å². The summed E-state index contributed by atoms with van der Waals surface area (Å²) < 4.78 is 0. The maximum absolute atomic E-state index is 13.2. The number of carbonyl (C=O) groups excluding carboxylic acids is 2.